The highest BCUT2D eigenvalue weighted by Gasteiger charge is 2.12. The summed E-state index contributed by atoms with van der Waals surface area (Å²) in [6, 6.07) is 14.7. The lowest BCUT2D eigenvalue weighted by atomic mass is 10.2. The maximum atomic E-state index is 12.2. The van der Waals surface area contributed by atoms with Gasteiger partial charge in [-0.05, 0) is 36.8 Å². The molecule has 0 aliphatic rings. The Hall–Kier alpha value is -3.01. The lowest BCUT2D eigenvalue weighted by Crippen LogP contribution is -2.17. The maximum absolute atomic E-state index is 12.2. The molecule has 0 saturated carbocycles. The van der Waals surface area contributed by atoms with Crippen molar-refractivity contribution in [3.8, 4) is 0 Å². The molecular weight excluding hydrogens is 457 g/mol. The zero-order valence-electron chi connectivity index (χ0n) is 16.4. The smallest absolute Gasteiger partial charge is 0.264 e. The van der Waals surface area contributed by atoms with Gasteiger partial charge < -0.3 is 11.2 Å². The van der Waals surface area contributed by atoms with Gasteiger partial charge in [-0.1, -0.05) is 71.4 Å². The first kappa shape index (κ1) is 22.7. The van der Waals surface area contributed by atoms with Crippen LogP contribution >= 0.6 is 35.0 Å². The lowest BCUT2D eigenvalue weighted by Gasteiger charge is -2.06. The fraction of sp³-hybridized carbons (Fsp3) is 0.100. The van der Waals surface area contributed by atoms with Gasteiger partial charge in [-0.15, -0.1) is 10.2 Å². The van der Waals surface area contributed by atoms with Gasteiger partial charge in [0.15, 0.2) is 0 Å². The minimum absolute atomic E-state index is 0.0710. The predicted molar refractivity (Wildman–Crippen MR) is 128 cm³/mol. The molecule has 0 fully saturated rings. The Morgan fingerprint density at radius 2 is 1.90 bits per heavy atom. The van der Waals surface area contributed by atoms with Gasteiger partial charge in [0.2, 0.25) is 11.1 Å². The molecule has 0 unspecified atom stereocenters. The minimum atomic E-state index is -0.263. The van der Waals surface area contributed by atoms with Crippen LogP contribution in [-0.4, -0.2) is 32.2 Å². The SMILES string of the molecule is CC(/C=C/c1ccccc1)=N\Nc1nnc(SCC(=O)Nc2cc(Cl)cc(Cl)c2)n1N. The molecule has 2 aromatic carbocycles. The molecular formula is C20H19Cl2N7OS. The van der Waals surface area contributed by atoms with Crippen molar-refractivity contribution in [3.63, 3.8) is 0 Å². The van der Waals surface area contributed by atoms with E-state index in [-0.39, 0.29) is 17.6 Å². The van der Waals surface area contributed by atoms with Gasteiger partial charge in [-0.2, -0.15) is 5.10 Å². The number of hydrogen-bond acceptors (Lipinski definition) is 7. The van der Waals surface area contributed by atoms with Crippen LogP contribution in [0.2, 0.25) is 10.0 Å². The number of thioether (sulfide) groups is 1. The van der Waals surface area contributed by atoms with Gasteiger partial charge in [0.25, 0.3) is 5.95 Å². The number of nitrogen functional groups attached to an aromatic ring is 1. The van der Waals surface area contributed by atoms with Crippen molar-refractivity contribution in [2.45, 2.75) is 12.1 Å². The summed E-state index contributed by atoms with van der Waals surface area (Å²) in [7, 11) is 0. The number of amides is 1. The zero-order chi connectivity index (χ0) is 22.2. The van der Waals surface area contributed by atoms with E-state index in [2.05, 4.69) is 26.0 Å². The van der Waals surface area contributed by atoms with Crippen LogP contribution in [0.15, 0.2) is 64.9 Å². The first-order valence-corrected chi connectivity index (χ1v) is 10.8. The molecule has 1 aromatic heterocycles. The number of rotatable bonds is 8. The third kappa shape index (κ3) is 7.02. The van der Waals surface area contributed by atoms with E-state index in [1.54, 1.807) is 18.2 Å². The van der Waals surface area contributed by atoms with Crippen molar-refractivity contribution in [2.75, 3.05) is 22.3 Å². The second-order valence-electron chi connectivity index (χ2n) is 6.28. The van der Waals surface area contributed by atoms with Crippen molar-refractivity contribution < 1.29 is 4.79 Å². The Kier molecular flexibility index (Phi) is 7.94. The standard InChI is InChI=1S/C20H19Cl2N7OS/c1-13(7-8-14-5-3-2-4-6-14)25-26-19-27-28-20(29(19)23)31-12-18(30)24-17-10-15(21)9-16(22)11-17/h2-11H,12,23H2,1H3,(H,24,30)(H,26,27)/b8-7+,25-13+. The summed E-state index contributed by atoms with van der Waals surface area (Å²) in [6.45, 7) is 1.84. The summed E-state index contributed by atoms with van der Waals surface area (Å²) in [5.41, 5.74) is 5.06. The highest BCUT2D eigenvalue weighted by atomic mass is 35.5. The number of anilines is 2. The van der Waals surface area contributed by atoms with Crippen molar-refractivity contribution in [3.05, 3.63) is 70.2 Å². The second-order valence-corrected chi connectivity index (χ2v) is 8.10. The number of carbonyl (C=O) groups excluding carboxylic acids is 1. The number of nitrogens with one attached hydrogen (secondary N) is 2. The number of halogens is 2. The average Bonchev–Trinajstić information content (AvgIpc) is 3.08. The first-order valence-electron chi connectivity index (χ1n) is 9.03. The van der Waals surface area contributed by atoms with Gasteiger partial charge in [0, 0.05) is 15.7 Å². The van der Waals surface area contributed by atoms with E-state index in [4.69, 9.17) is 29.0 Å². The van der Waals surface area contributed by atoms with Gasteiger partial charge in [-0.25, -0.2) is 10.1 Å². The van der Waals surface area contributed by atoms with E-state index in [0.717, 1.165) is 23.0 Å². The number of aromatic nitrogens is 3. The van der Waals surface area contributed by atoms with Gasteiger partial charge in [0.1, 0.15) is 0 Å². The molecule has 8 nitrogen and oxygen atoms in total. The summed E-state index contributed by atoms with van der Waals surface area (Å²) in [6.07, 6.45) is 3.81. The lowest BCUT2D eigenvalue weighted by molar-refractivity contribution is -0.113. The van der Waals surface area contributed by atoms with Crippen LogP contribution in [0.25, 0.3) is 6.08 Å². The fourth-order valence-electron chi connectivity index (χ4n) is 2.36. The summed E-state index contributed by atoms with van der Waals surface area (Å²) < 4.78 is 1.23. The average molecular weight is 476 g/mol. The van der Waals surface area contributed by atoms with E-state index in [9.17, 15) is 4.79 Å². The molecule has 1 amide bonds. The van der Waals surface area contributed by atoms with Crippen LogP contribution in [0.3, 0.4) is 0 Å². The Bertz CT molecular complexity index is 1100. The van der Waals surface area contributed by atoms with E-state index in [0.29, 0.717) is 20.9 Å². The van der Waals surface area contributed by atoms with Crippen molar-refractivity contribution in [1.82, 2.24) is 14.9 Å². The number of nitrogens with two attached hydrogens (primary N) is 1. The van der Waals surface area contributed by atoms with Gasteiger partial charge in [0.05, 0.1) is 11.5 Å². The highest BCUT2D eigenvalue weighted by Crippen LogP contribution is 2.23. The van der Waals surface area contributed by atoms with Gasteiger partial charge in [-0.3, -0.25) is 4.79 Å². The van der Waals surface area contributed by atoms with Gasteiger partial charge >= 0.3 is 0 Å². The second kappa shape index (κ2) is 10.9. The molecule has 0 radical (unpaired) electrons. The van der Waals surface area contributed by atoms with Crippen molar-refractivity contribution in [2.24, 2.45) is 5.10 Å². The molecule has 0 bridgehead atoms. The summed E-state index contributed by atoms with van der Waals surface area (Å²) >= 11 is 13.0. The first-order chi connectivity index (χ1) is 14.9. The summed E-state index contributed by atoms with van der Waals surface area (Å²) in [5.74, 6) is 6.04. The molecule has 160 valence electrons. The van der Waals surface area contributed by atoms with E-state index in [1.165, 1.54) is 4.68 Å². The van der Waals surface area contributed by atoms with Crippen LogP contribution in [0.1, 0.15) is 12.5 Å². The third-order valence-electron chi connectivity index (χ3n) is 3.79. The highest BCUT2D eigenvalue weighted by molar-refractivity contribution is 7.99. The van der Waals surface area contributed by atoms with Crippen LogP contribution in [0.4, 0.5) is 11.6 Å². The molecule has 0 aliphatic carbocycles. The number of hydrogen-bond donors (Lipinski definition) is 3. The normalized spacial score (nSPS) is 11.6. The number of carbonyl (C=O) groups is 1. The van der Waals surface area contributed by atoms with Crippen LogP contribution in [0, 0.1) is 0 Å². The van der Waals surface area contributed by atoms with E-state index >= 15 is 0 Å². The summed E-state index contributed by atoms with van der Waals surface area (Å²) in [5, 5.41) is 16.1. The Balaban J connectivity index is 1.53. The van der Waals surface area contributed by atoms with E-state index in [1.807, 2.05) is 49.4 Å². The Morgan fingerprint density at radius 1 is 1.19 bits per heavy atom. The molecule has 0 spiro atoms. The minimum Gasteiger partial charge on any atom is -0.334 e. The fourth-order valence-corrected chi connectivity index (χ4v) is 3.54. The quantitative estimate of drug-likeness (QED) is 0.191. The molecule has 3 rings (SSSR count). The topological polar surface area (TPSA) is 110 Å². The molecule has 0 aliphatic heterocycles. The molecule has 3 aromatic rings. The number of hydrazone groups is 1. The largest absolute Gasteiger partial charge is 0.334 e. The van der Waals surface area contributed by atoms with Crippen LogP contribution < -0.4 is 16.6 Å². The van der Waals surface area contributed by atoms with Crippen molar-refractivity contribution >= 4 is 64.3 Å². The number of nitrogens with zero attached hydrogens (tertiary/aromatic N) is 4. The molecule has 31 heavy (non-hydrogen) atoms. The molecule has 0 saturated heterocycles. The third-order valence-corrected chi connectivity index (χ3v) is 5.17. The van der Waals surface area contributed by atoms with Crippen LogP contribution in [0.5, 0.6) is 0 Å². The molecule has 1 heterocycles. The number of allylic oxidation sites excluding steroid dienone is 1. The Morgan fingerprint density at radius 3 is 2.61 bits per heavy atom. The number of benzene rings is 2. The van der Waals surface area contributed by atoms with Crippen LogP contribution in [-0.2, 0) is 4.79 Å². The molecule has 4 N–H and O–H groups in total. The maximum Gasteiger partial charge on any atom is 0.264 e. The zero-order valence-corrected chi connectivity index (χ0v) is 18.7. The summed E-state index contributed by atoms with van der Waals surface area (Å²) in [4.78, 5) is 12.2. The Labute approximate surface area is 193 Å². The van der Waals surface area contributed by atoms with Crippen molar-refractivity contribution in [1.29, 1.82) is 0 Å². The molecule has 0 atom stereocenters. The molecule has 11 heteroatoms. The monoisotopic (exact) mass is 475 g/mol. The van der Waals surface area contributed by atoms with E-state index < -0.39 is 0 Å². The predicted octanol–water partition coefficient (Wildman–Crippen LogP) is 4.53.